The van der Waals surface area contributed by atoms with Gasteiger partial charge in [-0.1, -0.05) is 12.1 Å². The number of ketones is 1. The van der Waals surface area contributed by atoms with Crippen LogP contribution in [0.5, 0.6) is 0 Å². The molecule has 1 saturated heterocycles. The van der Waals surface area contributed by atoms with Crippen LogP contribution >= 0.6 is 7.60 Å². The molecule has 7 heteroatoms. The normalized spacial score (nSPS) is 24.8. The maximum Gasteiger partial charge on any atom is 0.328 e. The fraction of sp³-hybridized carbons (Fsp3) is 0.429. The summed E-state index contributed by atoms with van der Waals surface area (Å²) >= 11 is 0. The van der Waals surface area contributed by atoms with Gasteiger partial charge in [0.25, 0.3) is 0 Å². The van der Waals surface area contributed by atoms with Gasteiger partial charge in [0, 0.05) is 25.6 Å². The van der Waals surface area contributed by atoms with E-state index in [4.69, 9.17) is 9.05 Å². The minimum absolute atomic E-state index is 0.0965. The van der Waals surface area contributed by atoms with Crippen LogP contribution in [-0.2, 0) is 18.4 Å². The molecule has 0 bridgehead atoms. The van der Waals surface area contributed by atoms with E-state index in [1.54, 1.807) is 24.3 Å². The van der Waals surface area contributed by atoms with E-state index in [1.807, 2.05) is 0 Å². The Kier molecular flexibility index (Phi) is 4.93. The smallest absolute Gasteiger partial charge is 0.326 e. The van der Waals surface area contributed by atoms with E-state index in [-0.39, 0.29) is 30.8 Å². The Bertz CT molecular complexity index is 601. The summed E-state index contributed by atoms with van der Waals surface area (Å²) < 4.78 is 21.8. The molecule has 0 aliphatic carbocycles. The fourth-order valence-corrected chi connectivity index (χ4v) is 3.34. The molecule has 1 fully saturated rings. The quantitative estimate of drug-likeness (QED) is 0.668. The van der Waals surface area contributed by atoms with Gasteiger partial charge in [-0.15, -0.1) is 0 Å². The van der Waals surface area contributed by atoms with E-state index in [0.29, 0.717) is 17.7 Å². The van der Waals surface area contributed by atoms with Crippen LogP contribution in [0.1, 0.15) is 30.1 Å². The van der Waals surface area contributed by atoms with Crippen molar-refractivity contribution in [1.82, 2.24) is 0 Å². The molecule has 1 heterocycles. The third kappa shape index (κ3) is 4.49. The first-order chi connectivity index (χ1) is 9.87. The standard InChI is InChI=1S/C14H18NO5P/c1-10(16)15-13-6-4-3-5-12(13)14(17)8-7-11-9-19-21(2,18)20-11/h3-6,11H,7-9H2,1-2H3,(H,15,16). The molecule has 114 valence electrons. The molecule has 0 radical (unpaired) electrons. The van der Waals surface area contributed by atoms with Crippen LogP contribution < -0.4 is 5.32 Å². The van der Waals surface area contributed by atoms with Gasteiger partial charge in [0.15, 0.2) is 5.78 Å². The highest BCUT2D eigenvalue weighted by atomic mass is 31.2. The number of carbonyl (C=O) groups is 2. The Balaban J connectivity index is 1.98. The van der Waals surface area contributed by atoms with Gasteiger partial charge in [-0.3, -0.25) is 14.2 Å². The number of hydrogen-bond donors (Lipinski definition) is 1. The summed E-state index contributed by atoms with van der Waals surface area (Å²) in [6, 6.07) is 6.85. The van der Waals surface area contributed by atoms with E-state index in [2.05, 4.69) is 5.32 Å². The fourth-order valence-electron chi connectivity index (χ4n) is 2.14. The number of nitrogens with one attached hydrogen (secondary N) is 1. The minimum atomic E-state index is -2.93. The van der Waals surface area contributed by atoms with Crippen molar-refractivity contribution in [3.63, 3.8) is 0 Å². The van der Waals surface area contributed by atoms with Crippen molar-refractivity contribution >= 4 is 25.0 Å². The average Bonchev–Trinajstić information content (AvgIpc) is 2.75. The van der Waals surface area contributed by atoms with Gasteiger partial charge in [0.1, 0.15) is 0 Å². The van der Waals surface area contributed by atoms with Crippen LogP contribution in [-0.4, -0.2) is 31.1 Å². The number of Topliss-reactive ketones (excluding diaryl/α,β-unsaturated/α-hetero) is 1. The predicted octanol–water partition coefficient (Wildman–Crippen LogP) is 2.85. The van der Waals surface area contributed by atoms with Gasteiger partial charge in [-0.2, -0.15) is 0 Å². The maximum atomic E-state index is 12.2. The van der Waals surface area contributed by atoms with Crippen LogP contribution in [0.4, 0.5) is 5.69 Å². The molecule has 2 rings (SSSR count). The number of carbonyl (C=O) groups excluding carboxylic acids is 2. The summed E-state index contributed by atoms with van der Waals surface area (Å²) in [5.74, 6) is -0.324. The number of amides is 1. The Morgan fingerprint density at radius 3 is 2.71 bits per heavy atom. The van der Waals surface area contributed by atoms with Gasteiger partial charge in [0.05, 0.1) is 18.4 Å². The van der Waals surface area contributed by atoms with Crippen LogP contribution in [0.2, 0.25) is 0 Å². The minimum Gasteiger partial charge on any atom is -0.326 e. The van der Waals surface area contributed by atoms with Crippen LogP contribution in [0.15, 0.2) is 24.3 Å². The van der Waals surface area contributed by atoms with Crippen molar-refractivity contribution in [3.8, 4) is 0 Å². The summed E-state index contributed by atoms with van der Waals surface area (Å²) in [7, 11) is -2.93. The van der Waals surface area contributed by atoms with E-state index in [1.165, 1.54) is 13.6 Å². The van der Waals surface area contributed by atoms with Gasteiger partial charge in [0.2, 0.25) is 5.91 Å². The van der Waals surface area contributed by atoms with Gasteiger partial charge >= 0.3 is 7.60 Å². The Hall–Kier alpha value is -1.49. The topological polar surface area (TPSA) is 81.7 Å². The molecule has 21 heavy (non-hydrogen) atoms. The van der Waals surface area contributed by atoms with E-state index in [0.717, 1.165) is 0 Å². The number of para-hydroxylation sites is 1. The third-order valence-electron chi connectivity index (χ3n) is 3.07. The van der Waals surface area contributed by atoms with Gasteiger partial charge in [-0.25, -0.2) is 0 Å². The largest absolute Gasteiger partial charge is 0.328 e. The van der Waals surface area contributed by atoms with Crippen molar-refractivity contribution in [2.45, 2.75) is 25.9 Å². The zero-order valence-corrected chi connectivity index (χ0v) is 12.9. The molecule has 6 nitrogen and oxygen atoms in total. The van der Waals surface area contributed by atoms with E-state index >= 15 is 0 Å². The number of hydrogen-bond acceptors (Lipinski definition) is 5. The monoisotopic (exact) mass is 311 g/mol. The summed E-state index contributed by atoms with van der Waals surface area (Å²) in [4.78, 5) is 23.4. The van der Waals surface area contributed by atoms with E-state index < -0.39 is 7.60 Å². The molecular weight excluding hydrogens is 293 g/mol. The molecule has 1 aliphatic heterocycles. The second-order valence-corrected chi connectivity index (χ2v) is 6.99. The lowest BCUT2D eigenvalue weighted by atomic mass is 10.0. The highest BCUT2D eigenvalue weighted by Gasteiger charge is 2.32. The Morgan fingerprint density at radius 2 is 2.10 bits per heavy atom. The van der Waals surface area contributed by atoms with E-state index in [9.17, 15) is 14.2 Å². The molecule has 1 N–H and O–H groups in total. The second kappa shape index (κ2) is 6.52. The number of benzene rings is 1. The molecule has 1 aliphatic rings. The van der Waals surface area contributed by atoms with Crippen LogP contribution in [0.25, 0.3) is 0 Å². The second-order valence-electron chi connectivity index (χ2n) is 4.98. The summed E-state index contributed by atoms with van der Waals surface area (Å²) in [5, 5.41) is 2.64. The summed E-state index contributed by atoms with van der Waals surface area (Å²) in [5.41, 5.74) is 0.964. The lowest BCUT2D eigenvalue weighted by molar-refractivity contribution is -0.114. The highest BCUT2D eigenvalue weighted by molar-refractivity contribution is 7.53. The molecule has 1 amide bonds. The van der Waals surface area contributed by atoms with Crippen molar-refractivity contribution in [2.24, 2.45) is 0 Å². The predicted molar refractivity (Wildman–Crippen MR) is 78.7 cm³/mol. The molecule has 0 saturated carbocycles. The Labute approximate surface area is 123 Å². The maximum absolute atomic E-state index is 12.2. The number of anilines is 1. The van der Waals surface area contributed by atoms with Crippen molar-refractivity contribution in [2.75, 3.05) is 18.6 Å². The van der Waals surface area contributed by atoms with Crippen molar-refractivity contribution in [1.29, 1.82) is 0 Å². The molecule has 1 aromatic carbocycles. The van der Waals surface area contributed by atoms with Crippen molar-refractivity contribution in [3.05, 3.63) is 29.8 Å². The summed E-state index contributed by atoms with van der Waals surface area (Å²) in [6.45, 7) is 3.05. The SMILES string of the molecule is CC(=O)Nc1ccccc1C(=O)CCC1COP(C)(=O)O1. The molecule has 2 atom stereocenters. The molecule has 0 aromatic heterocycles. The Morgan fingerprint density at radius 1 is 1.38 bits per heavy atom. The van der Waals surface area contributed by atoms with Crippen LogP contribution in [0.3, 0.4) is 0 Å². The molecular formula is C14H18NO5P. The third-order valence-corrected chi connectivity index (χ3v) is 4.37. The van der Waals surface area contributed by atoms with Gasteiger partial charge in [-0.05, 0) is 18.6 Å². The lowest BCUT2D eigenvalue weighted by Gasteiger charge is -2.10. The molecule has 2 unspecified atom stereocenters. The first-order valence-corrected chi connectivity index (χ1v) is 8.66. The summed E-state index contributed by atoms with van der Waals surface area (Å²) in [6.07, 6.45) is 0.355. The first kappa shape index (κ1) is 15.9. The lowest BCUT2D eigenvalue weighted by Crippen LogP contribution is -2.14. The van der Waals surface area contributed by atoms with Crippen molar-refractivity contribution < 1.29 is 23.2 Å². The first-order valence-electron chi connectivity index (χ1n) is 6.67. The van der Waals surface area contributed by atoms with Gasteiger partial charge < -0.3 is 14.4 Å². The molecule has 1 aromatic rings. The molecule has 0 spiro atoms. The zero-order valence-electron chi connectivity index (χ0n) is 12.0. The number of rotatable bonds is 5. The zero-order chi connectivity index (χ0) is 15.5. The average molecular weight is 311 g/mol. The van der Waals surface area contributed by atoms with Crippen LogP contribution in [0, 0.1) is 0 Å². The highest BCUT2D eigenvalue weighted by Crippen LogP contribution is 2.50.